The van der Waals surface area contributed by atoms with E-state index in [1.54, 1.807) is 12.1 Å². The number of pyridine rings is 1. The van der Waals surface area contributed by atoms with Gasteiger partial charge in [0.05, 0.1) is 0 Å². The lowest BCUT2D eigenvalue weighted by Gasteiger charge is -2.41. The molecule has 0 spiro atoms. The second-order valence-electron chi connectivity index (χ2n) is 5.05. The van der Waals surface area contributed by atoms with Crippen molar-refractivity contribution < 1.29 is 18.7 Å². The van der Waals surface area contributed by atoms with Gasteiger partial charge in [-0.3, -0.25) is 4.79 Å². The van der Waals surface area contributed by atoms with Crippen molar-refractivity contribution in [2.75, 3.05) is 12.3 Å². The number of hydrogen-bond acceptors (Lipinski definition) is 4. The molecule has 7 heteroatoms. The van der Waals surface area contributed by atoms with E-state index in [0.29, 0.717) is 18.7 Å². The number of nitrogens with zero attached hydrogens (tertiary/aromatic N) is 1. The molecular weight excluding hydrogens is 268 g/mol. The van der Waals surface area contributed by atoms with Gasteiger partial charge in [-0.05, 0) is 43.4 Å². The molecule has 2 rings (SSSR count). The number of halogens is 2. The van der Waals surface area contributed by atoms with Crippen LogP contribution in [0, 0.1) is 0 Å². The van der Waals surface area contributed by atoms with Crippen molar-refractivity contribution in [2.45, 2.75) is 37.2 Å². The van der Waals surface area contributed by atoms with Gasteiger partial charge in [-0.15, -0.1) is 0 Å². The summed E-state index contributed by atoms with van der Waals surface area (Å²) in [5.41, 5.74) is 4.10. The molecule has 1 aliphatic rings. The zero-order chi connectivity index (χ0) is 14.8. The van der Waals surface area contributed by atoms with Gasteiger partial charge >= 0.3 is 5.92 Å². The van der Waals surface area contributed by atoms with Gasteiger partial charge in [0.1, 0.15) is 11.4 Å². The predicted octanol–water partition coefficient (Wildman–Crippen LogP) is 0.873. The number of nitrogen functional groups attached to an aromatic ring is 1. The summed E-state index contributed by atoms with van der Waals surface area (Å²) in [7, 11) is 0. The molecule has 0 aliphatic heterocycles. The number of alkyl halides is 2. The van der Waals surface area contributed by atoms with Crippen molar-refractivity contribution in [2.24, 2.45) is 0 Å². The van der Waals surface area contributed by atoms with E-state index in [9.17, 15) is 18.7 Å². The lowest BCUT2D eigenvalue weighted by atomic mass is 9.75. The normalized spacial score (nSPS) is 17.4. The fourth-order valence-corrected chi connectivity index (χ4v) is 2.12. The average molecular weight is 285 g/mol. The second kappa shape index (κ2) is 5.32. The summed E-state index contributed by atoms with van der Waals surface area (Å²) >= 11 is 0. The first kappa shape index (κ1) is 14.6. The first-order chi connectivity index (χ1) is 9.35. The van der Waals surface area contributed by atoms with E-state index < -0.39 is 17.4 Å². The number of amides is 1. The maximum absolute atomic E-state index is 13.7. The highest BCUT2D eigenvalue weighted by molar-refractivity contribution is 5.85. The average Bonchev–Trinajstić information content (AvgIpc) is 2.35. The Balaban J connectivity index is 1.86. The van der Waals surface area contributed by atoms with Crippen molar-refractivity contribution in [3.8, 4) is 0 Å². The Kier molecular flexibility index (Phi) is 3.89. The quantitative estimate of drug-likeness (QED) is 0.749. The number of carbonyl (C=O) groups excluding carboxylic acids is 1. The number of anilines is 1. The molecule has 110 valence electrons. The van der Waals surface area contributed by atoms with Gasteiger partial charge in [-0.1, -0.05) is 0 Å². The van der Waals surface area contributed by atoms with Crippen LogP contribution in [0.2, 0.25) is 0 Å². The van der Waals surface area contributed by atoms with Crippen LogP contribution in [0.3, 0.4) is 0 Å². The largest absolute Gasteiger partial charge is 0.384 e. The monoisotopic (exact) mass is 285 g/mol. The van der Waals surface area contributed by atoms with Gasteiger partial charge < -0.3 is 16.2 Å². The van der Waals surface area contributed by atoms with Crippen LogP contribution in [0.1, 0.15) is 24.8 Å². The van der Waals surface area contributed by atoms with Gasteiger partial charge in [0.2, 0.25) is 0 Å². The predicted molar refractivity (Wildman–Crippen MR) is 69.1 cm³/mol. The molecule has 20 heavy (non-hydrogen) atoms. The molecule has 0 radical (unpaired) electrons. The molecule has 0 saturated heterocycles. The van der Waals surface area contributed by atoms with E-state index in [1.165, 1.54) is 6.20 Å². The maximum Gasteiger partial charge on any atom is 0.352 e. The first-order valence-electron chi connectivity index (χ1n) is 6.44. The molecule has 1 aromatic heterocycles. The van der Waals surface area contributed by atoms with E-state index in [1.807, 2.05) is 0 Å². The Morgan fingerprint density at radius 2 is 2.25 bits per heavy atom. The number of hydrogen-bond donors (Lipinski definition) is 3. The second-order valence-corrected chi connectivity index (χ2v) is 5.05. The van der Waals surface area contributed by atoms with Crippen LogP contribution in [-0.2, 0) is 11.2 Å². The highest BCUT2D eigenvalue weighted by Gasteiger charge is 2.60. The summed E-state index contributed by atoms with van der Waals surface area (Å²) in [5, 5.41) is 11.8. The van der Waals surface area contributed by atoms with Crippen LogP contribution in [0.25, 0.3) is 0 Å². The molecule has 0 aromatic carbocycles. The van der Waals surface area contributed by atoms with Crippen LogP contribution >= 0.6 is 0 Å². The van der Waals surface area contributed by atoms with Crippen LogP contribution < -0.4 is 11.1 Å². The van der Waals surface area contributed by atoms with Crippen LogP contribution in [-0.4, -0.2) is 34.1 Å². The summed E-state index contributed by atoms with van der Waals surface area (Å²) in [5.74, 6) is -4.84. The van der Waals surface area contributed by atoms with Crippen LogP contribution in [0.5, 0.6) is 0 Å². The SMILES string of the molecule is Nc1cc(CCNC(=O)C(F)(F)C2(O)CCC2)ccn1. The summed E-state index contributed by atoms with van der Waals surface area (Å²) in [6, 6.07) is 3.31. The number of nitrogens with two attached hydrogens (primary N) is 1. The Bertz CT molecular complexity index is 504. The topological polar surface area (TPSA) is 88.2 Å². The van der Waals surface area contributed by atoms with Crippen molar-refractivity contribution in [1.29, 1.82) is 0 Å². The Hall–Kier alpha value is -1.76. The molecule has 4 N–H and O–H groups in total. The molecule has 5 nitrogen and oxygen atoms in total. The molecule has 0 bridgehead atoms. The number of carbonyl (C=O) groups is 1. The van der Waals surface area contributed by atoms with E-state index in [2.05, 4.69) is 10.3 Å². The van der Waals surface area contributed by atoms with Crippen LogP contribution in [0.15, 0.2) is 18.3 Å². The summed E-state index contributed by atoms with van der Waals surface area (Å²) < 4.78 is 27.5. The van der Waals surface area contributed by atoms with Gasteiger partial charge in [0, 0.05) is 12.7 Å². The van der Waals surface area contributed by atoms with Crippen molar-refractivity contribution in [3.63, 3.8) is 0 Å². The molecule has 1 heterocycles. The first-order valence-corrected chi connectivity index (χ1v) is 6.44. The van der Waals surface area contributed by atoms with E-state index in [0.717, 1.165) is 5.56 Å². The molecule has 0 unspecified atom stereocenters. The summed E-state index contributed by atoms with van der Waals surface area (Å²) in [6.45, 7) is 0.0496. The van der Waals surface area contributed by atoms with Gasteiger partial charge in [-0.25, -0.2) is 4.98 Å². The third-order valence-corrected chi connectivity index (χ3v) is 3.60. The zero-order valence-corrected chi connectivity index (χ0v) is 10.9. The summed E-state index contributed by atoms with van der Waals surface area (Å²) in [6.07, 6.45) is 2.30. The van der Waals surface area contributed by atoms with Gasteiger partial charge in [0.25, 0.3) is 5.91 Å². The van der Waals surface area contributed by atoms with Crippen molar-refractivity contribution in [1.82, 2.24) is 10.3 Å². The minimum atomic E-state index is -3.75. The van der Waals surface area contributed by atoms with Gasteiger partial charge in [-0.2, -0.15) is 8.78 Å². The fraction of sp³-hybridized carbons (Fsp3) is 0.538. The smallest absolute Gasteiger partial charge is 0.352 e. The summed E-state index contributed by atoms with van der Waals surface area (Å²) in [4.78, 5) is 15.3. The minimum Gasteiger partial charge on any atom is -0.384 e. The maximum atomic E-state index is 13.7. The lowest BCUT2D eigenvalue weighted by molar-refractivity contribution is -0.215. The van der Waals surface area contributed by atoms with Gasteiger partial charge in [0.15, 0.2) is 0 Å². The fourth-order valence-electron chi connectivity index (χ4n) is 2.12. The number of rotatable bonds is 5. The van der Waals surface area contributed by atoms with Crippen LogP contribution in [0.4, 0.5) is 14.6 Å². The Morgan fingerprint density at radius 3 is 2.80 bits per heavy atom. The van der Waals surface area contributed by atoms with Crippen molar-refractivity contribution >= 4 is 11.7 Å². The standard InChI is InChI=1S/C13H17F2N3O2/c14-13(15,12(20)4-1-5-12)11(19)18-7-3-9-2-6-17-10(16)8-9/h2,6,8,20H,1,3-5,7H2,(H2,16,17)(H,18,19). The minimum absolute atomic E-state index is 0.0473. The number of aliphatic hydroxyl groups is 1. The lowest BCUT2D eigenvalue weighted by Crippen LogP contribution is -2.60. The third-order valence-electron chi connectivity index (χ3n) is 3.60. The van der Waals surface area contributed by atoms with E-state index in [-0.39, 0.29) is 19.4 Å². The van der Waals surface area contributed by atoms with E-state index >= 15 is 0 Å². The molecule has 1 aliphatic carbocycles. The molecular formula is C13H17F2N3O2. The molecule has 1 aromatic rings. The third kappa shape index (κ3) is 2.72. The zero-order valence-electron chi connectivity index (χ0n) is 10.9. The highest BCUT2D eigenvalue weighted by Crippen LogP contribution is 2.44. The highest BCUT2D eigenvalue weighted by atomic mass is 19.3. The molecule has 0 atom stereocenters. The van der Waals surface area contributed by atoms with Crippen molar-refractivity contribution in [3.05, 3.63) is 23.9 Å². The van der Waals surface area contributed by atoms with E-state index in [4.69, 9.17) is 5.73 Å². The molecule has 1 saturated carbocycles. The Morgan fingerprint density at radius 1 is 1.55 bits per heavy atom. The number of nitrogens with one attached hydrogen (secondary N) is 1. The Labute approximate surface area is 115 Å². The molecule has 1 fully saturated rings. The number of aromatic nitrogens is 1. The molecule has 1 amide bonds.